The molecule has 1 heterocycles. The average Bonchev–Trinajstić information content (AvgIpc) is 2.27. The molecule has 19 heavy (non-hydrogen) atoms. The molecule has 0 aliphatic rings. The van der Waals surface area contributed by atoms with Gasteiger partial charge in [-0.1, -0.05) is 0 Å². The monoisotopic (exact) mass is 280 g/mol. The maximum Gasteiger partial charge on any atom is 0.522 e. The molecule has 0 atom stereocenters. The highest BCUT2D eigenvalue weighted by atomic mass is 19.4. The summed E-state index contributed by atoms with van der Waals surface area (Å²) in [4.78, 5) is 34.3. The third kappa shape index (κ3) is 3.78. The summed E-state index contributed by atoms with van der Waals surface area (Å²) in [6.07, 6.45) is -3.86. The highest BCUT2D eigenvalue weighted by molar-refractivity contribution is 5.93. The fourth-order valence-electron chi connectivity index (χ4n) is 1.39. The van der Waals surface area contributed by atoms with Crippen LogP contribution in [0.15, 0.2) is 15.8 Å². The Labute approximate surface area is 105 Å². The molecule has 0 unspecified atom stereocenters. The Bertz CT molecular complexity index is 600. The minimum atomic E-state index is -4.80. The Morgan fingerprint density at radius 3 is 2.42 bits per heavy atom. The van der Waals surface area contributed by atoms with Gasteiger partial charge in [-0.3, -0.25) is 23.5 Å². The summed E-state index contributed by atoms with van der Waals surface area (Å²) < 4.78 is 40.4. The molecular formula is C10H11F3N2O4. The molecule has 0 aliphatic heterocycles. The number of rotatable bonds is 4. The van der Waals surface area contributed by atoms with E-state index in [4.69, 9.17) is 0 Å². The van der Waals surface area contributed by atoms with Crippen LogP contribution in [0.2, 0.25) is 0 Å². The second-order valence-electron chi connectivity index (χ2n) is 3.73. The number of carbonyl (C=O) groups is 1. The SMILES string of the molecule is CC(=O)c1cn(CCOC(F)(F)F)c(=O)n(C)c1=O. The number of halogens is 3. The summed E-state index contributed by atoms with van der Waals surface area (Å²) in [7, 11) is 1.14. The second kappa shape index (κ2) is 5.39. The summed E-state index contributed by atoms with van der Waals surface area (Å²) >= 11 is 0. The molecule has 0 fully saturated rings. The lowest BCUT2D eigenvalue weighted by molar-refractivity contribution is -0.325. The van der Waals surface area contributed by atoms with Crippen molar-refractivity contribution in [1.82, 2.24) is 9.13 Å². The molecule has 0 bridgehead atoms. The summed E-state index contributed by atoms with van der Waals surface area (Å²) in [5, 5.41) is 0. The van der Waals surface area contributed by atoms with Crippen molar-refractivity contribution in [2.45, 2.75) is 19.8 Å². The zero-order chi connectivity index (χ0) is 14.8. The van der Waals surface area contributed by atoms with E-state index >= 15 is 0 Å². The Balaban J connectivity index is 3.06. The number of ketones is 1. The lowest BCUT2D eigenvalue weighted by atomic mass is 10.2. The molecular weight excluding hydrogens is 269 g/mol. The van der Waals surface area contributed by atoms with E-state index in [1.54, 1.807) is 0 Å². The highest BCUT2D eigenvalue weighted by Gasteiger charge is 2.28. The van der Waals surface area contributed by atoms with Crippen LogP contribution in [-0.2, 0) is 18.3 Å². The van der Waals surface area contributed by atoms with Crippen molar-refractivity contribution in [2.75, 3.05) is 6.61 Å². The number of nitrogens with zero attached hydrogens (tertiary/aromatic N) is 2. The molecule has 6 nitrogen and oxygen atoms in total. The number of ether oxygens (including phenoxy) is 1. The third-order valence-electron chi connectivity index (χ3n) is 2.33. The fraction of sp³-hybridized carbons (Fsp3) is 0.500. The van der Waals surface area contributed by atoms with Crippen LogP contribution in [0.25, 0.3) is 0 Å². The van der Waals surface area contributed by atoms with Crippen molar-refractivity contribution < 1.29 is 22.7 Å². The minimum Gasteiger partial charge on any atom is -0.297 e. The van der Waals surface area contributed by atoms with E-state index in [-0.39, 0.29) is 5.56 Å². The molecule has 0 radical (unpaired) electrons. The highest BCUT2D eigenvalue weighted by Crippen LogP contribution is 2.15. The van der Waals surface area contributed by atoms with E-state index in [0.717, 1.165) is 24.7 Å². The molecule has 1 rings (SSSR count). The topological polar surface area (TPSA) is 70.3 Å². The van der Waals surface area contributed by atoms with Crippen LogP contribution in [0.4, 0.5) is 13.2 Å². The van der Waals surface area contributed by atoms with Crippen molar-refractivity contribution in [1.29, 1.82) is 0 Å². The van der Waals surface area contributed by atoms with Crippen LogP contribution in [0.3, 0.4) is 0 Å². The smallest absolute Gasteiger partial charge is 0.297 e. The van der Waals surface area contributed by atoms with Gasteiger partial charge in [0.2, 0.25) is 0 Å². The molecule has 0 aromatic carbocycles. The molecule has 106 valence electrons. The van der Waals surface area contributed by atoms with E-state index in [0.29, 0.717) is 4.57 Å². The first-order valence-electron chi connectivity index (χ1n) is 5.15. The molecule has 0 saturated carbocycles. The van der Waals surface area contributed by atoms with E-state index in [2.05, 4.69) is 4.74 Å². The largest absolute Gasteiger partial charge is 0.522 e. The van der Waals surface area contributed by atoms with E-state index in [9.17, 15) is 27.6 Å². The Morgan fingerprint density at radius 2 is 1.95 bits per heavy atom. The fourth-order valence-corrected chi connectivity index (χ4v) is 1.39. The van der Waals surface area contributed by atoms with Gasteiger partial charge in [-0.25, -0.2) is 4.79 Å². The second-order valence-corrected chi connectivity index (χ2v) is 3.73. The van der Waals surface area contributed by atoms with E-state index < -0.39 is 36.5 Å². The predicted molar refractivity (Wildman–Crippen MR) is 58.0 cm³/mol. The average molecular weight is 280 g/mol. The lowest BCUT2D eigenvalue weighted by Crippen LogP contribution is -2.41. The van der Waals surface area contributed by atoms with Crippen LogP contribution in [-0.4, -0.2) is 27.9 Å². The Kier molecular flexibility index (Phi) is 4.30. The number of hydrogen-bond donors (Lipinski definition) is 0. The van der Waals surface area contributed by atoms with Crippen molar-refractivity contribution in [3.05, 3.63) is 32.6 Å². The summed E-state index contributed by atoms with van der Waals surface area (Å²) in [5.41, 5.74) is -1.87. The van der Waals surface area contributed by atoms with Gasteiger partial charge >= 0.3 is 12.1 Å². The number of hydrogen-bond acceptors (Lipinski definition) is 4. The first kappa shape index (κ1) is 15.2. The van der Waals surface area contributed by atoms with Gasteiger partial charge < -0.3 is 0 Å². The predicted octanol–water partition coefficient (Wildman–Crippen LogP) is 0.286. The summed E-state index contributed by atoms with van der Waals surface area (Å²) in [5.74, 6) is -0.578. The molecule has 0 saturated heterocycles. The number of alkyl halides is 3. The number of Topliss-reactive ketones (excluding diaryl/α,β-unsaturated/α-hetero) is 1. The van der Waals surface area contributed by atoms with Gasteiger partial charge in [0.25, 0.3) is 5.56 Å². The standard InChI is InChI=1S/C10H11F3N2O4/c1-6(16)7-5-15(3-4-19-10(11,12)13)9(18)14(2)8(7)17/h5H,3-4H2,1-2H3. The van der Waals surface area contributed by atoms with Crippen molar-refractivity contribution >= 4 is 5.78 Å². The molecule has 0 amide bonds. The normalized spacial score (nSPS) is 11.6. The van der Waals surface area contributed by atoms with Crippen molar-refractivity contribution in [3.8, 4) is 0 Å². The molecule has 0 spiro atoms. The van der Waals surface area contributed by atoms with Gasteiger partial charge in [-0.05, 0) is 6.92 Å². The summed E-state index contributed by atoms with van der Waals surface area (Å²) in [6.45, 7) is -0.0938. The summed E-state index contributed by atoms with van der Waals surface area (Å²) in [6, 6.07) is 0. The third-order valence-corrected chi connectivity index (χ3v) is 2.33. The van der Waals surface area contributed by atoms with Crippen LogP contribution < -0.4 is 11.2 Å². The van der Waals surface area contributed by atoms with Crippen LogP contribution in [0, 0.1) is 0 Å². The first-order chi connectivity index (χ1) is 8.63. The van der Waals surface area contributed by atoms with Crippen molar-refractivity contribution in [3.63, 3.8) is 0 Å². The number of aromatic nitrogens is 2. The van der Waals surface area contributed by atoms with Gasteiger partial charge in [0.1, 0.15) is 0 Å². The first-order valence-corrected chi connectivity index (χ1v) is 5.15. The quantitative estimate of drug-likeness (QED) is 0.743. The van der Waals surface area contributed by atoms with Crippen LogP contribution in [0.5, 0.6) is 0 Å². The zero-order valence-corrected chi connectivity index (χ0v) is 10.2. The van der Waals surface area contributed by atoms with Gasteiger partial charge in [0.05, 0.1) is 18.7 Å². The zero-order valence-electron chi connectivity index (χ0n) is 10.2. The maximum absolute atomic E-state index is 11.8. The van der Waals surface area contributed by atoms with Gasteiger partial charge in [0, 0.05) is 13.2 Å². The van der Waals surface area contributed by atoms with Crippen molar-refractivity contribution in [2.24, 2.45) is 7.05 Å². The van der Waals surface area contributed by atoms with E-state index in [1.807, 2.05) is 0 Å². The number of carbonyl (C=O) groups excluding carboxylic acids is 1. The van der Waals surface area contributed by atoms with Gasteiger partial charge in [-0.2, -0.15) is 0 Å². The van der Waals surface area contributed by atoms with Gasteiger partial charge in [0.15, 0.2) is 5.78 Å². The van der Waals surface area contributed by atoms with E-state index in [1.165, 1.54) is 0 Å². The van der Waals surface area contributed by atoms with Crippen LogP contribution in [0.1, 0.15) is 17.3 Å². The maximum atomic E-state index is 11.8. The lowest BCUT2D eigenvalue weighted by Gasteiger charge is -2.11. The molecule has 1 aromatic rings. The molecule has 1 aromatic heterocycles. The van der Waals surface area contributed by atoms with Crippen LogP contribution >= 0.6 is 0 Å². The minimum absolute atomic E-state index is 0.269. The van der Waals surface area contributed by atoms with Gasteiger partial charge in [-0.15, -0.1) is 13.2 Å². The molecule has 0 aliphatic carbocycles. The Morgan fingerprint density at radius 1 is 1.37 bits per heavy atom. The molecule has 9 heteroatoms. The molecule has 0 N–H and O–H groups in total. The Hall–Kier alpha value is -1.90.